The molecule has 21 heavy (non-hydrogen) atoms. The fraction of sp³-hybridized carbons (Fsp3) is 0.0833. The molecule has 0 aliphatic carbocycles. The maximum Gasteiger partial charge on any atom is 0.573 e. The number of hydrogen-bond acceptors (Lipinski definition) is 5. The highest BCUT2D eigenvalue weighted by Crippen LogP contribution is 2.27. The van der Waals surface area contributed by atoms with Crippen molar-refractivity contribution in [3.63, 3.8) is 0 Å². The van der Waals surface area contributed by atoms with Crippen LogP contribution in [0.5, 0.6) is 5.75 Å². The van der Waals surface area contributed by atoms with Crippen molar-refractivity contribution < 1.29 is 22.3 Å². The van der Waals surface area contributed by atoms with E-state index in [-0.39, 0.29) is 0 Å². The summed E-state index contributed by atoms with van der Waals surface area (Å²) in [4.78, 5) is 0. The van der Waals surface area contributed by atoms with Crippen LogP contribution in [0.25, 0.3) is 0 Å². The minimum Gasteiger partial charge on any atom is -0.406 e. The largest absolute Gasteiger partial charge is 0.573 e. The molecule has 9 heteroatoms. The van der Waals surface area contributed by atoms with Gasteiger partial charge in [-0.15, -0.1) is 13.2 Å². The molecule has 1 rings (SSSR count). The Hall–Kier alpha value is -3.25. The lowest BCUT2D eigenvalue weighted by molar-refractivity contribution is -0.274. The zero-order chi connectivity index (χ0) is 16.0. The van der Waals surface area contributed by atoms with Crippen molar-refractivity contribution >= 4 is 5.69 Å². The van der Waals surface area contributed by atoms with E-state index in [2.05, 4.69) is 10.1 Å². The van der Waals surface area contributed by atoms with Crippen LogP contribution in [0.4, 0.5) is 23.2 Å². The second kappa shape index (κ2) is 6.27. The van der Waals surface area contributed by atoms with Crippen molar-refractivity contribution in [2.45, 2.75) is 6.36 Å². The highest BCUT2D eigenvalue weighted by molar-refractivity contribution is 5.60. The second-order valence-corrected chi connectivity index (χ2v) is 3.40. The summed E-state index contributed by atoms with van der Waals surface area (Å²) >= 11 is 0. The fourth-order valence-electron chi connectivity index (χ4n) is 1.22. The summed E-state index contributed by atoms with van der Waals surface area (Å²) in [5.74, 6) is -1.72. The number of nitriles is 3. The van der Waals surface area contributed by atoms with Gasteiger partial charge in [-0.1, -0.05) is 0 Å². The summed E-state index contributed by atoms with van der Waals surface area (Å²) in [7, 11) is 0. The first kappa shape index (κ1) is 15.8. The third-order valence-electron chi connectivity index (χ3n) is 2.02. The van der Waals surface area contributed by atoms with E-state index < -0.39 is 34.9 Å². The third kappa shape index (κ3) is 4.41. The molecule has 0 spiro atoms. The molecule has 1 aromatic rings. The molecular weight excluding hydrogens is 292 g/mol. The highest BCUT2D eigenvalue weighted by Gasteiger charge is 2.31. The molecule has 1 N–H and O–H groups in total. The summed E-state index contributed by atoms with van der Waals surface area (Å²) in [5.41, 5.74) is -1.78. The van der Waals surface area contributed by atoms with Crippen molar-refractivity contribution in [2.75, 3.05) is 5.32 Å². The standard InChI is InChI=1S/C12H4F4N4O/c13-9-2-1-8(21-12(14,15)16)3-10(9)20-11(6-19)7(4-17)5-18/h1-3,20H. The Bertz CT molecular complexity index is 688. The summed E-state index contributed by atoms with van der Waals surface area (Å²) < 4.78 is 53.2. The van der Waals surface area contributed by atoms with E-state index >= 15 is 0 Å². The number of halogens is 4. The third-order valence-corrected chi connectivity index (χ3v) is 2.02. The molecule has 0 bridgehead atoms. The molecule has 0 saturated heterocycles. The first-order valence-corrected chi connectivity index (χ1v) is 5.07. The van der Waals surface area contributed by atoms with Crippen molar-refractivity contribution in [1.29, 1.82) is 15.8 Å². The van der Waals surface area contributed by atoms with Crippen LogP contribution < -0.4 is 10.1 Å². The van der Waals surface area contributed by atoms with Gasteiger partial charge in [-0.3, -0.25) is 0 Å². The Labute approximate surface area is 115 Å². The normalized spacial score (nSPS) is 9.76. The van der Waals surface area contributed by atoms with Gasteiger partial charge in [0.15, 0.2) is 5.57 Å². The van der Waals surface area contributed by atoms with Crippen LogP contribution >= 0.6 is 0 Å². The molecule has 0 fully saturated rings. The van der Waals surface area contributed by atoms with Gasteiger partial charge in [-0.05, 0) is 12.1 Å². The van der Waals surface area contributed by atoms with Crippen LogP contribution in [0.3, 0.4) is 0 Å². The van der Waals surface area contributed by atoms with E-state index in [1.165, 1.54) is 18.2 Å². The first-order chi connectivity index (χ1) is 9.80. The van der Waals surface area contributed by atoms with E-state index in [1.54, 1.807) is 0 Å². The number of anilines is 1. The molecule has 0 saturated carbocycles. The molecule has 0 heterocycles. The molecule has 0 unspecified atom stereocenters. The maximum absolute atomic E-state index is 13.5. The van der Waals surface area contributed by atoms with Crippen LogP contribution in [0, 0.1) is 39.8 Å². The molecule has 0 radical (unpaired) electrons. The Morgan fingerprint density at radius 3 is 2.19 bits per heavy atom. The summed E-state index contributed by atoms with van der Waals surface area (Å²) in [5, 5.41) is 28.0. The molecular formula is C12H4F4N4O. The molecule has 0 aromatic heterocycles. The van der Waals surface area contributed by atoms with Gasteiger partial charge in [0.1, 0.15) is 35.5 Å². The van der Waals surface area contributed by atoms with Crippen LogP contribution in [0.15, 0.2) is 29.5 Å². The van der Waals surface area contributed by atoms with Crippen molar-refractivity contribution in [3.05, 3.63) is 35.3 Å². The average Bonchev–Trinajstić information content (AvgIpc) is 2.40. The minimum atomic E-state index is -4.96. The van der Waals surface area contributed by atoms with E-state index in [0.717, 1.165) is 6.07 Å². The number of rotatable bonds is 3. The molecule has 5 nitrogen and oxygen atoms in total. The number of alkyl halides is 3. The Morgan fingerprint density at radius 1 is 1.10 bits per heavy atom. The fourth-order valence-corrected chi connectivity index (χ4v) is 1.22. The van der Waals surface area contributed by atoms with E-state index in [4.69, 9.17) is 15.8 Å². The van der Waals surface area contributed by atoms with Crippen molar-refractivity contribution in [1.82, 2.24) is 0 Å². The minimum absolute atomic E-state index is 0.545. The van der Waals surface area contributed by atoms with Crippen LogP contribution in [0.1, 0.15) is 0 Å². The SMILES string of the molecule is N#CC(C#N)=C(C#N)Nc1cc(OC(F)(F)F)ccc1F. The molecule has 0 atom stereocenters. The van der Waals surface area contributed by atoms with Gasteiger partial charge in [0.05, 0.1) is 5.69 Å². The van der Waals surface area contributed by atoms with Crippen LogP contribution in [-0.4, -0.2) is 6.36 Å². The Balaban J connectivity index is 3.18. The van der Waals surface area contributed by atoms with Gasteiger partial charge in [0, 0.05) is 6.07 Å². The van der Waals surface area contributed by atoms with Gasteiger partial charge in [0.2, 0.25) is 0 Å². The molecule has 0 amide bonds. The highest BCUT2D eigenvalue weighted by atomic mass is 19.4. The molecule has 0 aliphatic heterocycles. The number of nitrogens with one attached hydrogen (secondary N) is 1. The lowest BCUT2D eigenvalue weighted by Gasteiger charge is -2.11. The number of allylic oxidation sites excluding steroid dienone is 2. The zero-order valence-electron chi connectivity index (χ0n) is 9.99. The van der Waals surface area contributed by atoms with Crippen molar-refractivity contribution in [3.8, 4) is 24.0 Å². The molecule has 1 aromatic carbocycles. The lowest BCUT2D eigenvalue weighted by Crippen LogP contribution is -2.17. The van der Waals surface area contributed by atoms with Gasteiger partial charge in [-0.2, -0.15) is 15.8 Å². The molecule has 106 valence electrons. The van der Waals surface area contributed by atoms with Crippen LogP contribution in [-0.2, 0) is 0 Å². The van der Waals surface area contributed by atoms with Gasteiger partial charge < -0.3 is 10.1 Å². The van der Waals surface area contributed by atoms with Gasteiger partial charge in [0.25, 0.3) is 0 Å². The second-order valence-electron chi connectivity index (χ2n) is 3.40. The summed E-state index contributed by atoms with van der Waals surface area (Å²) in [6, 6.07) is 6.29. The quantitative estimate of drug-likeness (QED) is 0.683. The van der Waals surface area contributed by atoms with Gasteiger partial charge in [-0.25, -0.2) is 4.39 Å². The Morgan fingerprint density at radius 2 is 1.71 bits per heavy atom. The summed E-state index contributed by atoms with van der Waals surface area (Å²) in [6.45, 7) is 0. The van der Waals surface area contributed by atoms with E-state index in [9.17, 15) is 17.6 Å². The molecule has 0 aliphatic rings. The van der Waals surface area contributed by atoms with Crippen molar-refractivity contribution in [2.24, 2.45) is 0 Å². The lowest BCUT2D eigenvalue weighted by atomic mass is 10.2. The summed E-state index contributed by atoms with van der Waals surface area (Å²) in [6.07, 6.45) is -4.96. The number of nitrogens with zero attached hydrogens (tertiary/aromatic N) is 3. The average molecular weight is 296 g/mol. The predicted octanol–water partition coefficient (Wildman–Crippen LogP) is 2.96. The van der Waals surface area contributed by atoms with Gasteiger partial charge >= 0.3 is 6.36 Å². The number of hydrogen-bond donors (Lipinski definition) is 1. The van der Waals surface area contributed by atoms with E-state index in [0.29, 0.717) is 12.1 Å². The monoisotopic (exact) mass is 296 g/mol. The smallest absolute Gasteiger partial charge is 0.406 e. The number of benzene rings is 1. The first-order valence-electron chi connectivity index (χ1n) is 5.07. The Kier molecular flexibility index (Phi) is 4.72. The maximum atomic E-state index is 13.5. The number of ether oxygens (including phenoxy) is 1. The van der Waals surface area contributed by atoms with Crippen LogP contribution in [0.2, 0.25) is 0 Å². The topological polar surface area (TPSA) is 92.6 Å². The zero-order valence-corrected chi connectivity index (χ0v) is 9.99. The van der Waals surface area contributed by atoms with E-state index in [1.807, 2.05) is 0 Å². The predicted molar refractivity (Wildman–Crippen MR) is 60.6 cm³/mol.